The minimum Gasteiger partial charge on any atom is -0.294 e. The van der Waals surface area contributed by atoms with Crippen molar-refractivity contribution in [2.75, 3.05) is 0 Å². The lowest BCUT2D eigenvalue weighted by atomic mass is 9.75. The molecule has 3 rings (SSSR count). The molecule has 5 heteroatoms. The molecule has 0 fully saturated rings. The predicted molar refractivity (Wildman–Crippen MR) is 89.7 cm³/mol. The molecule has 1 heterocycles. The van der Waals surface area contributed by atoms with Crippen molar-refractivity contribution in [1.29, 1.82) is 0 Å². The van der Waals surface area contributed by atoms with Gasteiger partial charge in [0, 0.05) is 41.4 Å². The van der Waals surface area contributed by atoms with Crippen molar-refractivity contribution in [3.63, 3.8) is 0 Å². The number of hydrogen-bond donors (Lipinski definition) is 0. The van der Waals surface area contributed by atoms with Crippen LogP contribution in [0.15, 0.2) is 36.5 Å². The summed E-state index contributed by atoms with van der Waals surface area (Å²) < 4.78 is 0. The van der Waals surface area contributed by atoms with E-state index >= 15 is 0 Å². The van der Waals surface area contributed by atoms with E-state index in [4.69, 9.17) is 0 Å². The second kappa shape index (κ2) is 5.89. The van der Waals surface area contributed by atoms with E-state index in [1.165, 1.54) is 12.1 Å². The number of Topliss-reactive ketones (excluding diaryl/α,β-unsaturated/α-hetero) is 1. The summed E-state index contributed by atoms with van der Waals surface area (Å²) in [6.07, 6.45) is 2.92. The number of nitrogens with zero attached hydrogens (tertiary/aromatic N) is 2. The van der Waals surface area contributed by atoms with Gasteiger partial charge in [-0.1, -0.05) is 31.8 Å². The van der Waals surface area contributed by atoms with Crippen LogP contribution in [0.25, 0.3) is 0 Å². The summed E-state index contributed by atoms with van der Waals surface area (Å²) in [5, 5.41) is 10.8. The first-order valence-corrected chi connectivity index (χ1v) is 7.63. The maximum Gasteiger partial charge on any atom is 0.270 e. The molecule has 120 valence electrons. The molecule has 0 saturated heterocycles. The molecule has 0 unspecified atom stereocenters. The van der Waals surface area contributed by atoms with E-state index in [0.29, 0.717) is 23.1 Å². The SMILES string of the molecule is CC1(C)CC(=O)c2cc(C#Cc3cccc([N+](=O)[O-])c3)cnc2C1. The molecule has 0 bridgehead atoms. The quantitative estimate of drug-likeness (QED) is 0.457. The zero-order chi connectivity index (χ0) is 17.3. The molecule has 1 aliphatic rings. The molecule has 1 aromatic carbocycles. The van der Waals surface area contributed by atoms with Crippen LogP contribution in [0.3, 0.4) is 0 Å². The lowest BCUT2D eigenvalue weighted by Gasteiger charge is -2.29. The first-order valence-electron chi connectivity index (χ1n) is 7.63. The van der Waals surface area contributed by atoms with Gasteiger partial charge in [-0.05, 0) is 24.0 Å². The molecule has 0 saturated carbocycles. The second-order valence-corrected chi connectivity index (χ2v) is 6.72. The van der Waals surface area contributed by atoms with Crippen LogP contribution in [0.1, 0.15) is 47.4 Å². The van der Waals surface area contributed by atoms with E-state index in [-0.39, 0.29) is 16.9 Å². The minimum atomic E-state index is -0.452. The van der Waals surface area contributed by atoms with Gasteiger partial charge in [0.05, 0.1) is 10.6 Å². The van der Waals surface area contributed by atoms with Crippen LogP contribution in [-0.4, -0.2) is 15.7 Å². The van der Waals surface area contributed by atoms with Crippen molar-refractivity contribution in [2.24, 2.45) is 5.41 Å². The molecule has 0 aliphatic heterocycles. The summed E-state index contributed by atoms with van der Waals surface area (Å²) in [6.45, 7) is 4.12. The third-order valence-electron chi connectivity index (χ3n) is 3.96. The standard InChI is InChI=1S/C19H16N2O3/c1-19(2)10-17-16(18(22)11-19)9-14(12-20-17)7-6-13-4-3-5-15(8-13)21(23)24/h3-5,8-9,12H,10-11H2,1-2H3. The van der Waals surface area contributed by atoms with E-state index in [1.807, 2.05) is 0 Å². The predicted octanol–water partition coefficient (Wildman–Crippen LogP) is 3.54. The molecule has 0 amide bonds. The third-order valence-corrected chi connectivity index (χ3v) is 3.96. The van der Waals surface area contributed by atoms with Crippen molar-refractivity contribution in [2.45, 2.75) is 26.7 Å². The lowest BCUT2D eigenvalue weighted by Crippen LogP contribution is -2.27. The Bertz CT molecular complexity index is 904. The fraction of sp³-hybridized carbons (Fsp3) is 0.263. The molecule has 1 aliphatic carbocycles. The Morgan fingerprint density at radius 3 is 2.67 bits per heavy atom. The number of rotatable bonds is 1. The highest BCUT2D eigenvalue weighted by Gasteiger charge is 2.31. The zero-order valence-corrected chi connectivity index (χ0v) is 13.5. The summed E-state index contributed by atoms with van der Waals surface area (Å²) in [5.41, 5.74) is 2.58. The number of non-ortho nitro benzene ring substituents is 1. The summed E-state index contributed by atoms with van der Waals surface area (Å²) in [7, 11) is 0. The number of fused-ring (bicyclic) bond motifs is 1. The number of carbonyl (C=O) groups excluding carboxylic acids is 1. The van der Waals surface area contributed by atoms with Gasteiger partial charge >= 0.3 is 0 Å². The number of nitro groups is 1. The van der Waals surface area contributed by atoms with Gasteiger partial charge in [0.2, 0.25) is 0 Å². The van der Waals surface area contributed by atoms with Crippen molar-refractivity contribution >= 4 is 11.5 Å². The van der Waals surface area contributed by atoms with E-state index in [9.17, 15) is 14.9 Å². The van der Waals surface area contributed by atoms with Gasteiger partial charge in [-0.3, -0.25) is 19.9 Å². The maximum absolute atomic E-state index is 12.3. The molecular weight excluding hydrogens is 304 g/mol. The smallest absolute Gasteiger partial charge is 0.270 e. The number of ketones is 1. The fourth-order valence-electron chi connectivity index (χ4n) is 2.83. The van der Waals surface area contributed by atoms with Gasteiger partial charge in [-0.25, -0.2) is 0 Å². The molecule has 1 aromatic heterocycles. The highest BCUT2D eigenvalue weighted by molar-refractivity contribution is 5.98. The van der Waals surface area contributed by atoms with Gasteiger partial charge in [-0.2, -0.15) is 0 Å². The Morgan fingerprint density at radius 2 is 1.92 bits per heavy atom. The molecule has 2 aromatic rings. The highest BCUT2D eigenvalue weighted by Crippen LogP contribution is 2.33. The third kappa shape index (κ3) is 3.33. The number of hydrogen-bond acceptors (Lipinski definition) is 4. The van der Waals surface area contributed by atoms with Crippen LogP contribution in [-0.2, 0) is 6.42 Å². The van der Waals surface area contributed by atoms with E-state index in [1.54, 1.807) is 24.4 Å². The molecule has 0 N–H and O–H groups in total. The summed E-state index contributed by atoms with van der Waals surface area (Å²) >= 11 is 0. The first kappa shape index (κ1) is 15.9. The van der Waals surface area contributed by atoms with E-state index in [0.717, 1.165) is 12.1 Å². The van der Waals surface area contributed by atoms with Gasteiger partial charge in [-0.15, -0.1) is 0 Å². The summed E-state index contributed by atoms with van der Waals surface area (Å²) in [5.74, 6) is 5.91. The second-order valence-electron chi connectivity index (χ2n) is 6.72. The van der Waals surface area contributed by atoms with Crippen molar-refractivity contribution in [3.05, 3.63) is 69.0 Å². The minimum absolute atomic E-state index is 0.00257. The Balaban J connectivity index is 1.91. The van der Waals surface area contributed by atoms with Crippen molar-refractivity contribution < 1.29 is 9.72 Å². The molecular formula is C19H16N2O3. The van der Waals surface area contributed by atoms with Crippen LogP contribution in [0.2, 0.25) is 0 Å². The normalized spacial score (nSPS) is 15.2. The number of pyridine rings is 1. The Labute approximate surface area is 139 Å². The van der Waals surface area contributed by atoms with Crippen LogP contribution < -0.4 is 0 Å². The Morgan fingerprint density at radius 1 is 1.17 bits per heavy atom. The van der Waals surface area contributed by atoms with Crippen LogP contribution in [0.5, 0.6) is 0 Å². The average molecular weight is 320 g/mol. The average Bonchev–Trinajstić information content (AvgIpc) is 2.52. The zero-order valence-electron chi connectivity index (χ0n) is 13.5. The first-order chi connectivity index (χ1) is 11.3. The van der Waals surface area contributed by atoms with Gasteiger partial charge in [0.25, 0.3) is 5.69 Å². The van der Waals surface area contributed by atoms with Crippen molar-refractivity contribution in [3.8, 4) is 11.8 Å². The van der Waals surface area contributed by atoms with Crippen LogP contribution in [0, 0.1) is 27.4 Å². The summed E-state index contributed by atoms with van der Waals surface area (Å²) in [6, 6.07) is 7.92. The summed E-state index contributed by atoms with van der Waals surface area (Å²) in [4.78, 5) is 27.0. The number of aromatic nitrogens is 1. The van der Waals surface area contributed by atoms with Gasteiger partial charge < -0.3 is 0 Å². The van der Waals surface area contributed by atoms with Gasteiger partial charge in [0.1, 0.15) is 0 Å². The molecule has 24 heavy (non-hydrogen) atoms. The van der Waals surface area contributed by atoms with E-state index in [2.05, 4.69) is 30.7 Å². The van der Waals surface area contributed by atoms with Crippen LogP contribution >= 0.6 is 0 Å². The highest BCUT2D eigenvalue weighted by atomic mass is 16.6. The Hall–Kier alpha value is -3.00. The molecule has 0 radical (unpaired) electrons. The number of benzene rings is 1. The molecule has 0 spiro atoms. The fourth-order valence-corrected chi connectivity index (χ4v) is 2.83. The number of nitro benzene ring substituents is 1. The maximum atomic E-state index is 12.3. The monoisotopic (exact) mass is 320 g/mol. The largest absolute Gasteiger partial charge is 0.294 e. The number of carbonyl (C=O) groups is 1. The van der Waals surface area contributed by atoms with E-state index < -0.39 is 4.92 Å². The molecule has 5 nitrogen and oxygen atoms in total. The molecule has 0 atom stereocenters. The van der Waals surface area contributed by atoms with Crippen molar-refractivity contribution in [1.82, 2.24) is 4.98 Å². The topological polar surface area (TPSA) is 73.1 Å². The lowest BCUT2D eigenvalue weighted by molar-refractivity contribution is -0.384. The van der Waals surface area contributed by atoms with Crippen LogP contribution in [0.4, 0.5) is 5.69 Å². The van der Waals surface area contributed by atoms with Gasteiger partial charge in [0.15, 0.2) is 5.78 Å². The Kier molecular flexibility index (Phi) is 3.90.